The monoisotopic (exact) mass is 323 g/mol. The van der Waals surface area contributed by atoms with Gasteiger partial charge in [-0.05, 0) is 24.3 Å². The summed E-state index contributed by atoms with van der Waals surface area (Å²) in [6.45, 7) is 0.369. The molecule has 1 amide bonds. The SMILES string of the molecule is O=C(N/N=C\C1=Cc2ccccc2OC1)c1ccc([N+](=O)[O-])cc1. The molecule has 7 nitrogen and oxygen atoms in total. The minimum absolute atomic E-state index is 0.0711. The van der Waals surface area contributed by atoms with Gasteiger partial charge in [-0.1, -0.05) is 18.2 Å². The number of nitrogens with zero attached hydrogens (tertiary/aromatic N) is 2. The molecule has 1 N–H and O–H groups in total. The van der Waals surface area contributed by atoms with Crippen molar-refractivity contribution >= 4 is 23.9 Å². The zero-order valence-corrected chi connectivity index (χ0v) is 12.5. The van der Waals surface area contributed by atoms with E-state index in [2.05, 4.69) is 10.5 Å². The first-order valence-corrected chi connectivity index (χ1v) is 7.14. The van der Waals surface area contributed by atoms with Crippen LogP contribution in [0, 0.1) is 10.1 Å². The van der Waals surface area contributed by atoms with Crippen LogP contribution in [0.1, 0.15) is 15.9 Å². The molecular weight excluding hydrogens is 310 g/mol. The number of ether oxygens (including phenoxy) is 1. The highest BCUT2D eigenvalue weighted by Crippen LogP contribution is 2.24. The molecule has 0 radical (unpaired) electrons. The number of hydrogen-bond acceptors (Lipinski definition) is 5. The molecule has 2 aromatic carbocycles. The van der Waals surface area contributed by atoms with Crippen molar-refractivity contribution in [3.63, 3.8) is 0 Å². The molecule has 0 fully saturated rings. The Kier molecular flexibility index (Phi) is 4.33. The summed E-state index contributed by atoms with van der Waals surface area (Å²) in [6.07, 6.45) is 3.44. The quantitative estimate of drug-likeness (QED) is 0.532. The number of para-hydroxylation sites is 1. The maximum absolute atomic E-state index is 11.9. The fourth-order valence-corrected chi connectivity index (χ4v) is 2.18. The summed E-state index contributed by atoms with van der Waals surface area (Å²) in [5, 5.41) is 14.5. The summed E-state index contributed by atoms with van der Waals surface area (Å²) in [5.41, 5.74) is 4.37. The highest BCUT2D eigenvalue weighted by molar-refractivity contribution is 5.95. The number of amides is 1. The van der Waals surface area contributed by atoms with Crippen LogP contribution in [0.3, 0.4) is 0 Å². The zero-order valence-electron chi connectivity index (χ0n) is 12.5. The van der Waals surface area contributed by atoms with E-state index in [0.29, 0.717) is 6.61 Å². The van der Waals surface area contributed by atoms with E-state index in [4.69, 9.17) is 4.74 Å². The molecule has 1 aliphatic rings. The van der Waals surface area contributed by atoms with E-state index in [1.165, 1.54) is 30.5 Å². The summed E-state index contributed by atoms with van der Waals surface area (Å²) >= 11 is 0. The Morgan fingerprint density at radius 3 is 2.71 bits per heavy atom. The van der Waals surface area contributed by atoms with Crippen LogP contribution >= 0.6 is 0 Å². The second-order valence-corrected chi connectivity index (χ2v) is 5.05. The second kappa shape index (κ2) is 6.74. The normalized spacial score (nSPS) is 12.9. The topological polar surface area (TPSA) is 93.8 Å². The minimum Gasteiger partial charge on any atom is -0.488 e. The van der Waals surface area contributed by atoms with Gasteiger partial charge in [0.15, 0.2) is 0 Å². The van der Waals surface area contributed by atoms with Crippen molar-refractivity contribution < 1.29 is 14.5 Å². The predicted octanol–water partition coefficient (Wildman–Crippen LogP) is 2.79. The predicted molar refractivity (Wildman–Crippen MR) is 89.0 cm³/mol. The van der Waals surface area contributed by atoms with E-state index >= 15 is 0 Å². The number of hydrazone groups is 1. The van der Waals surface area contributed by atoms with Crippen LogP contribution in [-0.2, 0) is 0 Å². The Labute approximate surface area is 137 Å². The maximum Gasteiger partial charge on any atom is 0.271 e. The van der Waals surface area contributed by atoms with Crippen LogP contribution in [0.25, 0.3) is 6.08 Å². The number of nitro groups is 1. The van der Waals surface area contributed by atoms with Crippen LogP contribution in [0.4, 0.5) is 5.69 Å². The van der Waals surface area contributed by atoms with E-state index in [9.17, 15) is 14.9 Å². The number of benzene rings is 2. The third-order valence-electron chi connectivity index (χ3n) is 3.39. The number of carbonyl (C=O) groups excluding carboxylic acids is 1. The molecule has 0 saturated carbocycles. The Bertz CT molecular complexity index is 841. The Hall–Kier alpha value is -3.48. The number of hydrogen-bond donors (Lipinski definition) is 1. The van der Waals surface area contributed by atoms with E-state index in [-0.39, 0.29) is 11.3 Å². The lowest BCUT2D eigenvalue weighted by molar-refractivity contribution is -0.384. The molecule has 120 valence electrons. The van der Waals surface area contributed by atoms with E-state index < -0.39 is 10.8 Å². The van der Waals surface area contributed by atoms with Crippen molar-refractivity contribution in [3.8, 4) is 5.75 Å². The fraction of sp³-hybridized carbons (Fsp3) is 0.0588. The molecule has 0 atom stereocenters. The summed E-state index contributed by atoms with van der Waals surface area (Å²) in [6, 6.07) is 12.9. The van der Waals surface area contributed by atoms with Gasteiger partial charge in [-0.25, -0.2) is 5.43 Å². The summed E-state index contributed by atoms with van der Waals surface area (Å²) < 4.78 is 5.58. The lowest BCUT2D eigenvalue weighted by atomic mass is 10.1. The van der Waals surface area contributed by atoms with Gasteiger partial charge in [-0.3, -0.25) is 14.9 Å². The molecule has 24 heavy (non-hydrogen) atoms. The Morgan fingerprint density at radius 2 is 1.96 bits per heavy atom. The van der Waals surface area contributed by atoms with E-state index in [0.717, 1.165) is 16.9 Å². The molecule has 7 heteroatoms. The standard InChI is InChI=1S/C17H13N3O4/c21-17(13-5-7-15(8-6-13)20(22)23)19-18-10-12-9-14-3-1-2-4-16(14)24-11-12/h1-10H,11H2,(H,19,21)/b18-10-. The molecule has 0 spiro atoms. The molecule has 0 aliphatic carbocycles. The molecule has 0 bridgehead atoms. The van der Waals surface area contributed by atoms with Crippen molar-refractivity contribution in [2.24, 2.45) is 5.10 Å². The molecule has 0 saturated heterocycles. The van der Waals surface area contributed by atoms with Crippen LogP contribution in [0.2, 0.25) is 0 Å². The third-order valence-corrected chi connectivity index (χ3v) is 3.39. The van der Waals surface area contributed by atoms with Crippen molar-refractivity contribution in [3.05, 3.63) is 75.3 Å². The van der Waals surface area contributed by atoms with E-state index in [1.54, 1.807) is 0 Å². The number of rotatable bonds is 4. The lowest BCUT2D eigenvalue weighted by Gasteiger charge is -2.15. The smallest absolute Gasteiger partial charge is 0.271 e. The average molecular weight is 323 g/mol. The summed E-state index contributed by atoms with van der Waals surface area (Å²) in [4.78, 5) is 22.0. The Morgan fingerprint density at radius 1 is 1.21 bits per heavy atom. The van der Waals surface area contributed by atoms with Gasteiger partial charge in [0.1, 0.15) is 12.4 Å². The van der Waals surface area contributed by atoms with Gasteiger partial charge in [0, 0.05) is 28.8 Å². The van der Waals surface area contributed by atoms with Crippen LogP contribution in [0.5, 0.6) is 5.75 Å². The second-order valence-electron chi connectivity index (χ2n) is 5.05. The third kappa shape index (κ3) is 3.46. The molecule has 3 rings (SSSR count). The van der Waals surface area contributed by atoms with Crippen LogP contribution in [0.15, 0.2) is 59.2 Å². The number of nitrogens with one attached hydrogen (secondary N) is 1. The molecule has 2 aromatic rings. The highest BCUT2D eigenvalue weighted by Gasteiger charge is 2.10. The highest BCUT2D eigenvalue weighted by atomic mass is 16.6. The van der Waals surface area contributed by atoms with Gasteiger partial charge in [0.2, 0.25) is 0 Å². The lowest BCUT2D eigenvalue weighted by Crippen LogP contribution is -2.18. The van der Waals surface area contributed by atoms with Crippen molar-refractivity contribution in [1.82, 2.24) is 5.43 Å². The van der Waals surface area contributed by atoms with Gasteiger partial charge >= 0.3 is 0 Å². The fourth-order valence-electron chi connectivity index (χ4n) is 2.18. The summed E-state index contributed by atoms with van der Waals surface area (Å²) in [5.74, 6) is 0.364. The van der Waals surface area contributed by atoms with Gasteiger partial charge < -0.3 is 4.74 Å². The van der Waals surface area contributed by atoms with Gasteiger partial charge in [0.05, 0.1) is 11.1 Å². The van der Waals surface area contributed by atoms with Crippen molar-refractivity contribution in [2.45, 2.75) is 0 Å². The first kappa shape index (κ1) is 15.4. The zero-order chi connectivity index (χ0) is 16.9. The van der Waals surface area contributed by atoms with Crippen LogP contribution < -0.4 is 10.2 Å². The largest absolute Gasteiger partial charge is 0.488 e. The number of carbonyl (C=O) groups is 1. The van der Waals surface area contributed by atoms with Crippen molar-refractivity contribution in [1.29, 1.82) is 0 Å². The Balaban J connectivity index is 1.63. The first-order valence-electron chi connectivity index (χ1n) is 7.14. The first-order chi connectivity index (χ1) is 11.6. The van der Waals surface area contributed by atoms with Crippen molar-refractivity contribution in [2.75, 3.05) is 6.61 Å². The van der Waals surface area contributed by atoms with Crippen LogP contribution in [-0.4, -0.2) is 23.7 Å². The number of nitro benzene ring substituents is 1. The summed E-state index contributed by atoms with van der Waals surface area (Å²) in [7, 11) is 0. The molecule has 0 aromatic heterocycles. The number of fused-ring (bicyclic) bond motifs is 1. The van der Waals surface area contributed by atoms with Gasteiger partial charge in [-0.2, -0.15) is 5.10 Å². The minimum atomic E-state index is -0.521. The molecular formula is C17H13N3O4. The van der Waals surface area contributed by atoms with E-state index in [1.807, 2.05) is 30.3 Å². The molecule has 1 heterocycles. The average Bonchev–Trinajstić information content (AvgIpc) is 2.61. The maximum atomic E-state index is 11.9. The van der Waals surface area contributed by atoms with Gasteiger partial charge in [0.25, 0.3) is 11.6 Å². The number of non-ortho nitro benzene ring substituents is 1. The molecule has 0 unspecified atom stereocenters. The van der Waals surface area contributed by atoms with Gasteiger partial charge in [-0.15, -0.1) is 0 Å². The molecule has 1 aliphatic heterocycles.